The second kappa shape index (κ2) is 4.21. The maximum atomic E-state index is 11.2. The Kier molecular flexibility index (Phi) is 3.47. The van der Waals surface area contributed by atoms with Crippen molar-refractivity contribution < 1.29 is 8.42 Å². The highest BCUT2D eigenvalue weighted by atomic mass is 32.2. The molecule has 0 atom stereocenters. The largest absolute Gasteiger partial charge is 0.277 e. The molecule has 76 valence electrons. The van der Waals surface area contributed by atoms with Crippen LogP contribution in [0.15, 0.2) is 12.7 Å². The highest BCUT2D eigenvalue weighted by Crippen LogP contribution is 2.24. The van der Waals surface area contributed by atoms with Crippen molar-refractivity contribution in [2.45, 2.75) is 31.7 Å². The van der Waals surface area contributed by atoms with Crippen LogP contribution in [0.3, 0.4) is 0 Å². The lowest BCUT2D eigenvalue weighted by Crippen LogP contribution is -2.42. The Labute approximate surface area is 79.6 Å². The highest BCUT2D eigenvalue weighted by Gasteiger charge is 2.28. The fourth-order valence-electron chi connectivity index (χ4n) is 1.78. The normalized spacial score (nSPS) is 19.5. The Hall–Kier alpha value is -0.390. The molecule has 1 rings (SSSR count). The van der Waals surface area contributed by atoms with Crippen LogP contribution in [-0.4, -0.2) is 25.3 Å². The Bertz CT molecular complexity index is 268. The van der Waals surface area contributed by atoms with Gasteiger partial charge in [0.05, 0.1) is 0 Å². The Balaban J connectivity index is 2.72. The van der Waals surface area contributed by atoms with E-state index >= 15 is 0 Å². The zero-order valence-corrected chi connectivity index (χ0v) is 8.46. The molecule has 0 saturated heterocycles. The minimum absolute atomic E-state index is 0.0907. The average Bonchev–Trinajstić information content (AvgIpc) is 2.49. The van der Waals surface area contributed by atoms with Crippen LogP contribution >= 0.6 is 0 Å². The van der Waals surface area contributed by atoms with E-state index in [1.165, 1.54) is 4.31 Å². The summed E-state index contributed by atoms with van der Waals surface area (Å²) < 4.78 is 23.7. The molecule has 13 heavy (non-hydrogen) atoms. The molecule has 0 amide bonds. The van der Waals surface area contributed by atoms with Crippen molar-refractivity contribution in [3.8, 4) is 0 Å². The van der Waals surface area contributed by atoms with Gasteiger partial charge < -0.3 is 0 Å². The molecule has 0 heterocycles. The molecule has 0 aromatic rings. The van der Waals surface area contributed by atoms with E-state index in [0.717, 1.165) is 25.7 Å². The molecule has 5 heteroatoms. The average molecular weight is 204 g/mol. The first-order chi connectivity index (χ1) is 6.05. The van der Waals surface area contributed by atoms with Gasteiger partial charge in [-0.05, 0) is 12.8 Å². The van der Waals surface area contributed by atoms with Gasteiger partial charge in [0.25, 0.3) is 10.2 Å². The minimum Gasteiger partial charge on any atom is -0.216 e. The third-order valence-electron chi connectivity index (χ3n) is 2.37. The fraction of sp³-hybridized carbons (Fsp3) is 0.750. The third kappa shape index (κ3) is 2.79. The smallest absolute Gasteiger partial charge is 0.216 e. The van der Waals surface area contributed by atoms with Crippen LogP contribution in [0, 0.1) is 0 Å². The molecule has 1 aliphatic rings. The SMILES string of the molecule is C=CCN(C1CCCC1)S(N)(=O)=O. The number of nitrogens with two attached hydrogens (primary N) is 1. The molecule has 2 N–H and O–H groups in total. The molecule has 1 saturated carbocycles. The van der Waals surface area contributed by atoms with Crippen molar-refractivity contribution >= 4 is 10.2 Å². The Morgan fingerprint density at radius 1 is 1.46 bits per heavy atom. The number of hydrogen-bond donors (Lipinski definition) is 1. The van der Waals surface area contributed by atoms with Gasteiger partial charge in [0.2, 0.25) is 0 Å². The summed E-state index contributed by atoms with van der Waals surface area (Å²) in [7, 11) is -3.55. The first kappa shape index (κ1) is 10.7. The summed E-state index contributed by atoms with van der Waals surface area (Å²) in [5, 5.41) is 5.10. The van der Waals surface area contributed by atoms with Crippen molar-refractivity contribution in [3.05, 3.63) is 12.7 Å². The van der Waals surface area contributed by atoms with Gasteiger partial charge in [-0.1, -0.05) is 18.9 Å². The van der Waals surface area contributed by atoms with Crippen LogP contribution < -0.4 is 5.14 Å². The van der Waals surface area contributed by atoms with Gasteiger partial charge in [0.15, 0.2) is 0 Å². The van der Waals surface area contributed by atoms with Gasteiger partial charge in [-0.25, -0.2) is 5.14 Å². The van der Waals surface area contributed by atoms with Crippen molar-refractivity contribution in [1.82, 2.24) is 4.31 Å². The van der Waals surface area contributed by atoms with E-state index in [4.69, 9.17) is 5.14 Å². The van der Waals surface area contributed by atoms with Crippen LogP contribution in [0.1, 0.15) is 25.7 Å². The van der Waals surface area contributed by atoms with E-state index in [-0.39, 0.29) is 6.04 Å². The highest BCUT2D eigenvalue weighted by molar-refractivity contribution is 7.86. The van der Waals surface area contributed by atoms with Crippen LogP contribution in [0.5, 0.6) is 0 Å². The van der Waals surface area contributed by atoms with Crippen LogP contribution in [0.4, 0.5) is 0 Å². The molecule has 0 spiro atoms. The first-order valence-corrected chi connectivity index (χ1v) is 5.96. The van der Waals surface area contributed by atoms with Crippen molar-refractivity contribution in [1.29, 1.82) is 0 Å². The van der Waals surface area contributed by atoms with E-state index < -0.39 is 10.2 Å². The van der Waals surface area contributed by atoms with E-state index in [9.17, 15) is 8.42 Å². The first-order valence-electron chi connectivity index (χ1n) is 4.46. The lowest BCUT2D eigenvalue weighted by atomic mass is 10.2. The van der Waals surface area contributed by atoms with Crippen molar-refractivity contribution in [3.63, 3.8) is 0 Å². The quantitative estimate of drug-likeness (QED) is 0.682. The lowest BCUT2D eigenvalue weighted by molar-refractivity contribution is 0.348. The summed E-state index contributed by atoms with van der Waals surface area (Å²) in [6.45, 7) is 3.85. The summed E-state index contributed by atoms with van der Waals surface area (Å²) >= 11 is 0. The van der Waals surface area contributed by atoms with Gasteiger partial charge in [-0.2, -0.15) is 12.7 Å². The van der Waals surface area contributed by atoms with E-state index in [0.29, 0.717) is 6.54 Å². The summed E-state index contributed by atoms with van der Waals surface area (Å²) in [5.41, 5.74) is 0. The van der Waals surface area contributed by atoms with Gasteiger partial charge in [-0.15, -0.1) is 6.58 Å². The molecule has 0 aliphatic heterocycles. The van der Waals surface area contributed by atoms with Crippen molar-refractivity contribution in [2.75, 3.05) is 6.54 Å². The van der Waals surface area contributed by atoms with E-state index in [1.54, 1.807) is 6.08 Å². The monoisotopic (exact) mass is 204 g/mol. The van der Waals surface area contributed by atoms with Crippen LogP contribution in [-0.2, 0) is 10.2 Å². The molecule has 0 aromatic carbocycles. The zero-order valence-electron chi connectivity index (χ0n) is 7.65. The van der Waals surface area contributed by atoms with Gasteiger partial charge in [-0.3, -0.25) is 0 Å². The Morgan fingerprint density at radius 3 is 2.38 bits per heavy atom. The maximum absolute atomic E-state index is 11.2. The third-order valence-corrected chi connectivity index (χ3v) is 3.47. The van der Waals surface area contributed by atoms with Gasteiger partial charge in [0, 0.05) is 12.6 Å². The van der Waals surface area contributed by atoms with Crippen molar-refractivity contribution in [2.24, 2.45) is 5.14 Å². The Morgan fingerprint density at radius 2 is 2.00 bits per heavy atom. The minimum atomic E-state index is -3.55. The molecule has 0 aromatic heterocycles. The number of rotatable bonds is 4. The number of nitrogens with zero attached hydrogens (tertiary/aromatic N) is 1. The standard InChI is InChI=1S/C8H16N2O2S/c1-2-7-10(13(9,11)12)8-5-3-4-6-8/h2,8H,1,3-7H2,(H2,9,11,12). The van der Waals surface area contributed by atoms with E-state index in [1.807, 2.05) is 0 Å². The number of hydrogen-bond acceptors (Lipinski definition) is 2. The second-order valence-electron chi connectivity index (χ2n) is 3.34. The van der Waals surface area contributed by atoms with Crippen LogP contribution in [0.2, 0.25) is 0 Å². The summed E-state index contributed by atoms with van der Waals surface area (Å²) in [6.07, 6.45) is 5.60. The molecular formula is C8H16N2O2S. The molecule has 0 radical (unpaired) electrons. The molecular weight excluding hydrogens is 188 g/mol. The summed E-state index contributed by atoms with van der Waals surface area (Å²) in [6, 6.07) is 0.0907. The fourth-order valence-corrected chi connectivity index (χ4v) is 2.72. The molecule has 0 bridgehead atoms. The zero-order chi connectivity index (χ0) is 9.90. The molecule has 1 aliphatic carbocycles. The topological polar surface area (TPSA) is 63.4 Å². The predicted octanol–water partition coefficient (Wildman–Crippen LogP) is 0.621. The van der Waals surface area contributed by atoms with Crippen LogP contribution in [0.25, 0.3) is 0 Å². The van der Waals surface area contributed by atoms with Gasteiger partial charge in [0.1, 0.15) is 0 Å². The molecule has 0 unspecified atom stereocenters. The summed E-state index contributed by atoms with van der Waals surface area (Å²) in [4.78, 5) is 0. The van der Waals surface area contributed by atoms with Gasteiger partial charge >= 0.3 is 0 Å². The molecule has 1 fully saturated rings. The lowest BCUT2D eigenvalue weighted by Gasteiger charge is -2.24. The predicted molar refractivity (Wildman–Crippen MR) is 52.3 cm³/mol. The second-order valence-corrected chi connectivity index (χ2v) is 4.84. The summed E-state index contributed by atoms with van der Waals surface area (Å²) in [5.74, 6) is 0. The molecule has 4 nitrogen and oxygen atoms in total. The maximum Gasteiger partial charge on any atom is 0.277 e. The van der Waals surface area contributed by atoms with E-state index in [2.05, 4.69) is 6.58 Å².